The highest BCUT2D eigenvalue weighted by Gasteiger charge is 2.10. The Morgan fingerprint density at radius 1 is 1.00 bits per heavy atom. The van der Waals surface area contributed by atoms with Crippen molar-refractivity contribution in [3.63, 3.8) is 0 Å². The summed E-state index contributed by atoms with van der Waals surface area (Å²) in [4.78, 5) is 8.61. The summed E-state index contributed by atoms with van der Waals surface area (Å²) >= 11 is 3.41. The monoisotopic (exact) mass is 392 g/mol. The van der Waals surface area contributed by atoms with Gasteiger partial charge < -0.3 is 0 Å². The van der Waals surface area contributed by atoms with Gasteiger partial charge in [-0.15, -0.1) is 0 Å². The highest BCUT2D eigenvalue weighted by Crippen LogP contribution is 2.21. The Kier molecular flexibility index (Phi) is 4.22. The van der Waals surface area contributed by atoms with E-state index in [0.717, 1.165) is 26.8 Å². The van der Waals surface area contributed by atoms with Crippen LogP contribution in [-0.2, 0) is 0 Å². The Morgan fingerprint density at radius 2 is 1.80 bits per heavy atom. The molecule has 0 aliphatic heterocycles. The van der Waals surface area contributed by atoms with Crippen LogP contribution in [0.5, 0.6) is 0 Å². The van der Waals surface area contributed by atoms with Gasteiger partial charge in [0, 0.05) is 4.47 Å². The SMILES string of the molecule is Brc1ccc(/C=N\Nc2ncnc3c2cnn3-c2ccccc2)cc1. The van der Waals surface area contributed by atoms with E-state index in [4.69, 9.17) is 0 Å². The van der Waals surface area contributed by atoms with Crippen molar-refractivity contribution in [3.05, 3.63) is 77.2 Å². The summed E-state index contributed by atoms with van der Waals surface area (Å²) in [5.41, 5.74) is 5.63. The molecule has 2 aromatic carbocycles. The molecule has 0 spiro atoms. The summed E-state index contributed by atoms with van der Waals surface area (Å²) in [6.45, 7) is 0. The van der Waals surface area contributed by atoms with Crippen LogP contribution in [0.3, 0.4) is 0 Å². The van der Waals surface area contributed by atoms with Gasteiger partial charge in [-0.3, -0.25) is 5.43 Å². The number of benzene rings is 2. The van der Waals surface area contributed by atoms with Gasteiger partial charge in [0.2, 0.25) is 0 Å². The van der Waals surface area contributed by atoms with Gasteiger partial charge in [-0.2, -0.15) is 10.2 Å². The third kappa shape index (κ3) is 3.27. The maximum absolute atomic E-state index is 4.42. The zero-order valence-electron chi connectivity index (χ0n) is 13.0. The van der Waals surface area contributed by atoms with Crippen molar-refractivity contribution < 1.29 is 0 Å². The third-order valence-electron chi connectivity index (χ3n) is 3.62. The second-order valence-corrected chi connectivity index (χ2v) is 6.19. The third-order valence-corrected chi connectivity index (χ3v) is 4.15. The van der Waals surface area contributed by atoms with Crippen LogP contribution in [0, 0.1) is 0 Å². The minimum atomic E-state index is 0.612. The maximum Gasteiger partial charge on any atom is 0.168 e. The van der Waals surface area contributed by atoms with E-state index in [-0.39, 0.29) is 0 Å². The van der Waals surface area contributed by atoms with E-state index in [1.165, 1.54) is 6.33 Å². The number of aromatic nitrogens is 4. The molecular formula is C18H13BrN6. The number of hydrogen-bond donors (Lipinski definition) is 1. The molecule has 0 saturated heterocycles. The van der Waals surface area contributed by atoms with Gasteiger partial charge in [0.15, 0.2) is 11.5 Å². The first-order valence-corrected chi connectivity index (χ1v) is 8.39. The maximum atomic E-state index is 4.42. The quantitative estimate of drug-likeness (QED) is 0.420. The number of nitrogens with zero attached hydrogens (tertiary/aromatic N) is 5. The molecular weight excluding hydrogens is 380 g/mol. The summed E-state index contributed by atoms with van der Waals surface area (Å²) in [7, 11) is 0. The molecule has 6 nitrogen and oxygen atoms in total. The van der Waals surface area contributed by atoms with Crippen molar-refractivity contribution in [1.29, 1.82) is 0 Å². The number of halogens is 1. The van der Waals surface area contributed by atoms with Crippen LogP contribution in [0.2, 0.25) is 0 Å². The first kappa shape index (κ1) is 15.5. The molecule has 122 valence electrons. The minimum Gasteiger partial charge on any atom is -0.261 e. The number of para-hydroxylation sites is 1. The standard InChI is InChI=1S/C18H13BrN6/c19-14-8-6-13(7-9-14)10-22-24-17-16-11-23-25(18(16)21-12-20-17)15-4-2-1-3-5-15/h1-12H,(H,20,21,24)/b22-10-. The van der Waals surface area contributed by atoms with Gasteiger partial charge in [0.1, 0.15) is 6.33 Å². The van der Waals surface area contributed by atoms with Crippen LogP contribution in [0.1, 0.15) is 5.56 Å². The van der Waals surface area contributed by atoms with Crippen molar-refractivity contribution in [3.8, 4) is 5.69 Å². The van der Waals surface area contributed by atoms with Crippen LogP contribution in [0.15, 0.2) is 76.7 Å². The normalized spacial score (nSPS) is 11.2. The predicted octanol–water partition coefficient (Wildman–Crippen LogP) is 4.02. The molecule has 0 fully saturated rings. The molecule has 0 atom stereocenters. The van der Waals surface area contributed by atoms with Crippen molar-refractivity contribution >= 4 is 39.0 Å². The molecule has 2 heterocycles. The lowest BCUT2D eigenvalue weighted by atomic mass is 10.2. The van der Waals surface area contributed by atoms with Gasteiger partial charge in [-0.25, -0.2) is 14.6 Å². The van der Waals surface area contributed by atoms with E-state index in [9.17, 15) is 0 Å². The first-order valence-electron chi connectivity index (χ1n) is 7.60. The Morgan fingerprint density at radius 3 is 2.60 bits per heavy atom. The summed E-state index contributed by atoms with van der Waals surface area (Å²) in [5.74, 6) is 0.612. The van der Waals surface area contributed by atoms with Gasteiger partial charge >= 0.3 is 0 Å². The molecule has 0 radical (unpaired) electrons. The van der Waals surface area contributed by atoms with E-state index in [2.05, 4.69) is 41.5 Å². The molecule has 4 aromatic rings. The molecule has 0 aliphatic rings. The number of anilines is 1. The lowest BCUT2D eigenvalue weighted by molar-refractivity contribution is 0.895. The fourth-order valence-electron chi connectivity index (χ4n) is 2.41. The van der Waals surface area contributed by atoms with Crippen LogP contribution in [-0.4, -0.2) is 26.0 Å². The van der Waals surface area contributed by atoms with Crippen LogP contribution in [0.25, 0.3) is 16.7 Å². The molecule has 0 unspecified atom stereocenters. The van der Waals surface area contributed by atoms with E-state index in [1.807, 2.05) is 54.6 Å². The zero-order valence-corrected chi connectivity index (χ0v) is 14.6. The molecule has 4 rings (SSSR count). The molecule has 0 amide bonds. The fourth-order valence-corrected chi connectivity index (χ4v) is 2.67. The van der Waals surface area contributed by atoms with E-state index >= 15 is 0 Å². The van der Waals surface area contributed by atoms with Gasteiger partial charge in [-0.1, -0.05) is 46.3 Å². The molecule has 7 heteroatoms. The fraction of sp³-hybridized carbons (Fsp3) is 0. The Labute approximate surface area is 152 Å². The van der Waals surface area contributed by atoms with Gasteiger partial charge in [0.25, 0.3) is 0 Å². The van der Waals surface area contributed by atoms with Crippen molar-refractivity contribution in [1.82, 2.24) is 19.7 Å². The number of hydrazone groups is 1. The second kappa shape index (κ2) is 6.82. The van der Waals surface area contributed by atoms with Gasteiger partial charge in [-0.05, 0) is 29.8 Å². The lowest BCUT2D eigenvalue weighted by Gasteiger charge is -2.03. The lowest BCUT2D eigenvalue weighted by Crippen LogP contribution is -1.99. The molecule has 2 aromatic heterocycles. The van der Waals surface area contributed by atoms with E-state index < -0.39 is 0 Å². The average Bonchev–Trinajstić information content (AvgIpc) is 3.09. The molecule has 0 aliphatic carbocycles. The summed E-state index contributed by atoms with van der Waals surface area (Å²) in [6.07, 6.45) is 4.97. The zero-order chi connectivity index (χ0) is 17.1. The van der Waals surface area contributed by atoms with E-state index in [0.29, 0.717) is 5.82 Å². The number of nitrogens with one attached hydrogen (secondary N) is 1. The topological polar surface area (TPSA) is 68.0 Å². The molecule has 0 bridgehead atoms. The Bertz CT molecular complexity index is 1020. The van der Waals surface area contributed by atoms with Crippen molar-refractivity contribution in [2.45, 2.75) is 0 Å². The summed E-state index contributed by atoms with van der Waals surface area (Å²) in [6, 6.07) is 17.7. The molecule has 0 saturated carbocycles. The van der Waals surface area contributed by atoms with Crippen LogP contribution in [0.4, 0.5) is 5.82 Å². The highest BCUT2D eigenvalue weighted by atomic mass is 79.9. The Balaban J connectivity index is 1.62. The average molecular weight is 393 g/mol. The first-order chi connectivity index (χ1) is 12.3. The van der Waals surface area contributed by atoms with Crippen molar-refractivity contribution in [2.75, 3.05) is 5.43 Å². The summed E-state index contributed by atoms with van der Waals surface area (Å²) < 4.78 is 2.81. The largest absolute Gasteiger partial charge is 0.261 e. The van der Waals surface area contributed by atoms with E-state index in [1.54, 1.807) is 17.1 Å². The van der Waals surface area contributed by atoms with Crippen LogP contribution >= 0.6 is 15.9 Å². The number of rotatable bonds is 4. The highest BCUT2D eigenvalue weighted by molar-refractivity contribution is 9.10. The Hall–Kier alpha value is -3.06. The van der Waals surface area contributed by atoms with Crippen LogP contribution < -0.4 is 5.43 Å². The minimum absolute atomic E-state index is 0.612. The number of fused-ring (bicyclic) bond motifs is 1. The van der Waals surface area contributed by atoms with Gasteiger partial charge in [0.05, 0.1) is 23.5 Å². The smallest absolute Gasteiger partial charge is 0.168 e. The second-order valence-electron chi connectivity index (χ2n) is 5.27. The summed E-state index contributed by atoms with van der Waals surface area (Å²) in [5, 5.41) is 9.48. The number of hydrogen-bond acceptors (Lipinski definition) is 5. The molecule has 1 N–H and O–H groups in total. The molecule has 25 heavy (non-hydrogen) atoms. The van der Waals surface area contributed by atoms with Crippen molar-refractivity contribution in [2.24, 2.45) is 5.10 Å². The predicted molar refractivity (Wildman–Crippen MR) is 102 cm³/mol.